The quantitative estimate of drug-likeness (QED) is 0.735. The van der Waals surface area contributed by atoms with Crippen molar-refractivity contribution in [2.24, 2.45) is 17.8 Å². The van der Waals surface area contributed by atoms with Gasteiger partial charge in [0.05, 0.1) is 0 Å². The van der Waals surface area contributed by atoms with E-state index < -0.39 is 0 Å². The van der Waals surface area contributed by atoms with Gasteiger partial charge in [-0.05, 0) is 50.0 Å². The fraction of sp³-hybridized carbons (Fsp3) is 1.00. The number of hydrogen-bond donors (Lipinski definition) is 2. The Bertz CT molecular complexity index is 172. The van der Waals surface area contributed by atoms with Crippen LogP contribution in [0.4, 0.5) is 0 Å². The van der Waals surface area contributed by atoms with E-state index in [2.05, 4.69) is 26.1 Å². The van der Waals surface area contributed by atoms with Gasteiger partial charge in [0.2, 0.25) is 0 Å². The Morgan fingerprint density at radius 1 is 1.27 bits per heavy atom. The predicted octanol–water partition coefficient (Wildman–Crippen LogP) is 2.42. The number of nitrogens with one attached hydrogen (secondary N) is 1. The van der Waals surface area contributed by atoms with Crippen molar-refractivity contribution in [1.82, 2.24) is 5.32 Å². The number of rotatable bonds is 5. The summed E-state index contributed by atoms with van der Waals surface area (Å²) in [4.78, 5) is 0. The molecule has 1 aliphatic carbocycles. The Labute approximate surface area is 94.5 Å². The molecule has 0 aliphatic heterocycles. The first-order valence-corrected chi connectivity index (χ1v) is 6.47. The molecule has 90 valence electrons. The molecule has 1 rings (SSSR count). The van der Waals surface area contributed by atoms with Gasteiger partial charge in [-0.15, -0.1) is 0 Å². The molecule has 0 saturated heterocycles. The molecule has 2 nitrogen and oxygen atoms in total. The van der Waals surface area contributed by atoms with Gasteiger partial charge < -0.3 is 10.4 Å². The van der Waals surface area contributed by atoms with Gasteiger partial charge in [-0.1, -0.05) is 20.8 Å². The SMILES string of the molecule is CC(CCO)CNC1CCC(C)C(C)C1. The highest BCUT2D eigenvalue weighted by Crippen LogP contribution is 2.29. The van der Waals surface area contributed by atoms with Crippen LogP contribution < -0.4 is 5.32 Å². The Morgan fingerprint density at radius 2 is 2.00 bits per heavy atom. The standard InChI is InChI=1S/C13H27NO/c1-10(6-7-15)9-14-13-5-4-11(2)12(3)8-13/h10-15H,4-9H2,1-3H3. The topological polar surface area (TPSA) is 32.3 Å². The minimum Gasteiger partial charge on any atom is -0.396 e. The average molecular weight is 213 g/mol. The molecule has 4 unspecified atom stereocenters. The third kappa shape index (κ3) is 4.52. The van der Waals surface area contributed by atoms with Crippen LogP contribution in [0, 0.1) is 17.8 Å². The summed E-state index contributed by atoms with van der Waals surface area (Å²) >= 11 is 0. The third-order valence-electron chi connectivity index (χ3n) is 3.98. The maximum absolute atomic E-state index is 8.82. The van der Waals surface area contributed by atoms with E-state index in [1.165, 1.54) is 19.3 Å². The maximum Gasteiger partial charge on any atom is 0.0434 e. The molecule has 0 aromatic rings. The van der Waals surface area contributed by atoms with Gasteiger partial charge in [0, 0.05) is 12.6 Å². The van der Waals surface area contributed by atoms with E-state index in [1.807, 2.05) is 0 Å². The molecule has 15 heavy (non-hydrogen) atoms. The van der Waals surface area contributed by atoms with Crippen molar-refractivity contribution in [2.45, 2.75) is 52.5 Å². The molecule has 0 heterocycles. The number of aliphatic hydroxyl groups excluding tert-OH is 1. The van der Waals surface area contributed by atoms with Gasteiger partial charge >= 0.3 is 0 Å². The van der Waals surface area contributed by atoms with Gasteiger partial charge in [-0.25, -0.2) is 0 Å². The van der Waals surface area contributed by atoms with Crippen molar-refractivity contribution in [2.75, 3.05) is 13.2 Å². The second kappa shape index (κ2) is 6.49. The van der Waals surface area contributed by atoms with Crippen molar-refractivity contribution in [1.29, 1.82) is 0 Å². The van der Waals surface area contributed by atoms with Crippen LogP contribution in [0.2, 0.25) is 0 Å². The Hall–Kier alpha value is -0.0800. The van der Waals surface area contributed by atoms with Crippen LogP contribution in [0.15, 0.2) is 0 Å². The van der Waals surface area contributed by atoms with Crippen LogP contribution in [0.5, 0.6) is 0 Å². The summed E-state index contributed by atoms with van der Waals surface area (Å²) in [7, 11) is 0. The highest BCUT2D eigenvalue weighted by molar-refractivity contribution is 4.80. The molecule has 1 aliphatic rings. The molecule has 2 heteroatoms. The fourth-order valence-corrected chi connectivity index (χ4v) is 2.42. The van der Waals surface area contributed by atoms with Crippen LogP contribution in [0.3, 0.4) is 0 Å². The van der Waals surface area contributed by atoms with E-state index in [1.54, 1.807) is 0 Å². The minimum atomic E-state index is 0.320. The van der Waals surface area contributed by atoms with Crippen LogP contribution in [0.25, 0.3) is 0 Å². The molecule has 0 amide bonds. The first-order chi connectivity index (χ1) is 7.13. The second-order valence-corrected chi connectivity index (χ2v) is 5.49. The average Bonchev–Trinajstić information content (AvgIpc) is 2.20. The van der Waals surface area contributed by atoms with Crippen molar-refractivity contribution in [3.63, 3.8) is 0 Å². The van der Waals surface area contributed by atoms with E-state index in [9.17, 15) is 0 Å². The molecule has 0 aromatic heterocycles. The lowest BCUT2D eigenvalue weighted by Gasteiger charge is -2.33. The molecule has 1 saturated carbocycles. The molecular weight excluding hydrogens is 186 g/mol. The monoisotopic (exact) mass is 213 g/mol. The van der Waals surface area contributed by atoms with Crippen molar-refractivity contribution in [3.05, 3.63) is 0 Å². The third-order valence-corrected chi connectivity index (χ3v) is 3.98. The van der Waals surface area contributed by atoms with E-state index in [-0.39, 0.29) is 0 Å². The summed E-state index contributed by atoms with van der Waals surface area (Å²) in [6.07, 6.45) is 4.95. The lowest BCUT2D eigenvalue weighted by atomic mass is 9.79. The Balaban J connectivity index is 2.16. The molecule has 0 aromatic carbocycles. The Morgan fingerprint density at radius 3 is 2.60 bits per heavy atom. The summed E-state index contributed by atoms with van der Waals surface area (Å²) in [6.45, 7) is 8.33. The lowest BCUT2D eigenvalue weighted by molar-refractivity contribution is 0.213. The van der Waals surface area contributed by atoms with E-state index in [4.69, 9.17) is 5.11 Å². The van der Waals surface area contributed by atoms with Gasteiger partial charge in [0.25, 0.3) is 0 Å². The molecule has 1 fully saturated rings. The maximum atomic E-state index is 8.82. The van der Waals surface area contributed by atoms with Crippen molar-refractivity contribution >= 4 is 0 Å². The van der Waals surface area contributed by atoms with Gasteiger partial charge in [0.1, 0.15) is 0 Å². The van der Waals surface area contributed by atoms with E-state index >= 15 is 0 Å². The van der Waals surface area contributed by atoms with Crippen LogP contribution in [0.1, 0.15) is 46.5 Å². The smallest absolute Gasteiger partial charge is 0.0434 e. The molecule has 2 N–H and O–H groups in total. The predicted molar refractivity (Wildman–Crippen MR) is 64.8 cm³/mol. The summed E-state index contributed by atoms with van der Waals surface area (Å²) in [5.41, 5.74) is 0. The van der Waals surface area contributed by atoms with E-state index in [0.717, 1.165) is 30.8 Å². The summed E-state index contributed by atoms with van der Waals surface area (Å²) in [6, 6.07) is 0.720. The van der Waals surface area contributed by atoms with Crippen LogP contribution in [-0.4, -0.2) is 24.3 Å². The second-order valence-electron chi connectivity index (χ2n) is 5.49. The zero-order valence-electron chi connectivity index (χ0n) is 10.5. The molecular formula is C13H27NO. The van der Waals surface area contributed by atoms with Gasteiger partial charge in [-0.3, -0.25) is 0 Å². The first kappa shape index (κ1) is 13.0. The number of aliphatic hydroxyl groups is 1. The van der Waals surface area contributed by atoms with Crippen molar-refractivity contribution < 1.29 is 5.11 Å². The minimum absolute atomic E-state index is 0.320. The normalized spacial score (nSPS) is 34.0. The van der Waals surface area contributed by atoms with Gasteiger partial charge in [0.15, 0.2) is 0 Å². The van der Waals surface area contributed by atoms with E-state index in [0.29, 0.717) is 12.5 Å². The zero-order valence-corrected chi connectivity index (χ0v) is 10.5. The summed E-state index contributed by atoms with van der Waals surface area (Å²) in [5.74, 6) is 2.37. The highest BCUT2D eigenvalue weighted by atomic mass is 16.3. The summed E-state index contributed by atoms with van der Waals surface area (Å²) in [5, 5.41) is 12.5. The fourth-order valence-electron chi connectivity index (χ4n) is 2.42. The first-order valence-electron chi connectivity index (χ1n) is 6.47. The van der Waals surface area contributed by atoms with Crippen molar-refractivity contribution in [3.8, 4) is 0 Å². The lowest BCUT2D eigenvalue weighted by Crippen LogP contribution is -2.38. The van der Waals surface area contributed by atoms with Crippen LogP contribution in [-0.2, 0) is 0 Å². The van der Waals surface area contributed by atoms with Gasteiger partial charge in [-0.2, -0.15) is 0 Å². The zero-order chi connectivity index (χ0) is 11.3. The molecule has 0 spiro atoms. The Kier molecular flexibility index (Phi) is 5.62. The molecule has 0 bridgehead atoms. The summed E-state index contributed by atoms with van der Waals surface area (Å²) < 4.78 is 0. The largest absolute Gasteiger partial charge is 0.396 e. The number of hydrogen-bond acceptors (Lipinski definition) is 2. The van der Waals surface area contributed by atoms with Crippen LogP contribution >= 0.6 is 0 Å². The molecule has 4 atom stereocenters. The molecule has 0 radical (unpaired) electrons. The highest BCUT2D eigenvalue weighted by Gasteiger charge is 2.24.